The molecule has 1 heterocycles. The highest BCUT2D eigenvalue weighted by molar-refractivity contribution is 5.33. The van der Waals surface area contributed by atoms with Crippen molar-refractivity contribution in [3.8, 4) is 0 Å². The predicted octanol–water partition coefficient (Wildman–Crippen LogP) is 2.89. The number of hydrogen-bond acceptors (Lipinski definition) is 2. The van der Waals surface area contributed by atoms with E-state index in [-0.39, 0.29) is 0 Å². The first-order chi connectivity index (χ1) is 9.32. The van der Waals surface area contributed by atoms with Crippen LogP contribution in [-0.2, 0) is 13.2 Å². The third-order valence-corrected chi connectivity index (χ3v) is 2.98. The molecular weight excluding hydrogens is 274 g/mol. The lowest BCUT2D eigenvalue weighted by Crippen LogP contribution is -2.18. The standard InChI is InChI=1S/C13H13F4N3/c1-18-12(9-6-19-20(2)7-9)8-3-4-10(11(14)5-8)13(15,16)17/h3-7,12,18H,1-2H3. The van der Waals surface area contributed by atoms with E-state index in [1.54, 1.807) is 31.2 Å². The van der Waals surface area contributed by atoms with Crippen molar-refractivity contribution in [3.05, 3.63) is 53.1 Å². The van der Waals surface area contributed by atoms with E-state index < -0.39 is 23.6 Å². The maximum atomic E-state index is 13.6. The average molecular weight is 287 g/mol. The van der Waals surface area contributed by atoms with Gasteiger partial charge >= 0.3 is 6.18 Å². The molecule has 1 N–H and O–H groups in total. The summed E-state index contributed by atoms with van der Waals surface area (Å²) >= 11 is 0. The predicted molar refractivity (Wildman–Crippen MR) is 65.5 cm³/mol. The lowest BCUT2D eigenvalue weighted by Gasteiger charge is -2.16. The summed E-state index contributed by atoms with van der Waals surface area (Å²) in [7, 11) is 3.37. The number of benzene rings is 1. The highest BCUT2D eigenvalue weighted by Crippen LogP contribution is 2.33. The Labute approximate surface area is 113 Å². The molecule has 1 atom stereocenters. The Balaban J connectivity index is 2.39. The van der Waals surface area contributed by atoms with Crippen molar-refractivity contribution in [2.75, 3.05) is 7.05 Å². The number of aryl methyl sites for hydroxylation is 1. The number of aromatic nitrogens is 2. The minimum absolute atomic E-state index is 0.408. The third kappa shape index (κ3) is 2.82. The molecule has 0 aliphatic carbocycles. The molecule has 2 rings (SSSR count). The number of nitrogens with zero attached hydrogens (tertiary/aromatic N) is 2. The second-order valence-corrected chi connectivity index (χ2v) is 4.41. The lowest BCUT2D eigenvalue weighted by atomic mass is 10.00. The molecule has 0 saturated carbocycles. The molecule has 0 amide bonds. The molecule has 2 aromatic rings. The van der Waals surface area contributed by atoms with Crippen molar-refractivity contribution in [2.45, 2.75) is 12.2 Å². The maximum absolute atomic E-state index is 13.6. The van der Waals surface area contributed by atoms with Crippen molar-refractivity contribution in [1.82, 2.24) is 15.1 Å². The number of halogens is 4. The van der Waals surface area contributed by atoms with Gasteiger partial charge in [-0.25, -0.2) is 4.39 Å². The third-order valence-electron chi connectivity index (χ3n) is 2.98. The van der Waals surface area contributed by atoms with Crippen LogP contribution in [0.2, 0.25) is 0 Å². The first kappa shape index (κ1) is 14.5. The Morgan fingerprint density at radius 3 is 2.40 bits per heavy atom. The first-order valence-electron chi connectivity index (χ1n) is 5.85. The summed E-state index contributed by atoms with van der Waals surface area (Å²) in [6.45, 7) is 0. The van der Waals surface area contributed by atoms with Gasteiger partial charge < -0.3 is 5.32 Å². The van der Waals surface area contributed by atoms with Gasteiger partial charge in [0.25, 0.3) is 0 Å². The van der Waals surface area contributed by atoms with Crippen LogP contribution in [0.25, 0.3) is 0 Å². The molecular formula is C13H13F4N3. The van der Waals surface area contributed by atoms with E-state index in [0.717, 1.165) is 17.7 Å². The summed E-state index contributed by atoms with van der Waals surface area (Å²) in [6.07, 6.45) is -1.39. The average Bonchev–Trinajstić information content (AvgIpc) is 2.75. The quantitative estimate of drug-likeness (QED) is 0.880. The van der Waals surface area contributed by atoms with Crippen LogP contribution >= 0.6 is 0 Å². The van der Waals surface area contributed by atoms with Gasteiger partial charge in [-0.1, -0.05) is 6.07 Å². The van der Waals surface area contributed by atoms with Crippen LogP contribution in [0.1, 0.15) is 22.7 Å². The summed E-state index contributed by atoms with van der Waals surface area (Å²) in [6, 6.07) is 2.50. The molecule has 0 spiro atoms. The number of nitrogens with one attached hydrogen (secondary N) is 1. The summed E-state index contributed by atoms with van der Waals surface area (Å²) in [5.74, 6) is -1.28. The number of hydrogen-bond donors (Lipinski definition) is 1. The largest absolute Gasteiger partial charge is 0.419 e. The fraction of sp³-hybridized carbons (Fsp3) is 0.308. The van der Waals surface area contributed by atoms with Crippen molar-refractivity contribution < 1.29 is 17.6 Å². The number of alkyl halides is 3. The zero-order valence-electron chi connectivity index (χ0n) is 10.9. The van der Waals surface area contributed by atoms with Crippen molar-refractivity contribution >= 4 is 0 Å². The summed E-state index contributed by atoms with van der Waals surface area (Å²) in [5.41, 5.74) is -0.109. The first-order valence-corrected chi connectivity index (χ1v) is 5.85. The van der Waals surface area contributed by atoms with Crippen LogP contribution in [0, 0.1) is 5.82 Å². The Morgan fingerprint density at radius 2 is 1.95 bits per heavy atom. The zero-order chi connectivity index (χ0) is 14.9. The van der Waals surface area contributed by atoms with E-state index in [2.05, 4.69) is 10.4 Å². The van der Waals surface area contributed by atoms with E-state index in [4.69, 9.17) is 0 Å². The second-order valence-electron chi connectivity index (χ2n) is 4.41. The molecule has 1 aromatic heterocycles. The van der Waals surface area contributed by atoms with Gasteiger partial charge in [-0.3, -0.25) is 4.68 Å². The van der Waals surface area contributed by atoms with Crippen LogP contribution in [0.4, 0.5) is 17.6 Å². The Morgan fingerprint density at radius 1 is 1.25 bits per heavy atom. The van der Waals surface area contributed by atoms with E-state index in [0.29, 0.717) is 5.56 Å². The summed E-state index contributed by atoms with van der Waals surface area (Å²) in [4.78, 5) is 0. The van der Waals surface area contributed by atoms with Crippen molar-refractivity contribution in [3.63, 3.8) is 0 Å². The highest BCUT2D eigenvalue weighted by atomic mass is 19.4. The minimum atomic E-state index is -4.69. The number of rotatable bonds is 3. The Hall–Kier alpha value is -1.89. The van der Waals surface area contributed by atoms with E-state index in [9.17, 15) is 17.6 Å². The van der Waals surface area contributed by atoms with Gasteiger partial charge in [0.05, 0.1) is 17.8 Å². The molecule has 0 fully saturated rings. The molecule has 3 nitrogen and oxygen atoms in total. The molecule has 20 heavy (non-hydrogen) atoms. The van der Waals surface area contributed by atoms with Crippen LogP contribution in [0.5, 0.6) is 0 Å². The fourth-order valence-corrected chi connectivity index (χ4v) is 2.06. The Kier molecular flexibility index (Phi) is 3.80. The molecule has 0 aliphatic heterocycles. The van der Waals surface area contributed by atoms with E-state index in [1.165, 1.54) is 6.07 Å². The molecule has 108 valence electrons. The molecule has 0 bridgehead atoms. The maximum Gasteiger partial charge on any atom is 0.419 e. The van der Waals surface area contributed by atoms with Gasteiger partial charge in [0.1, 0.15) is 5.82 Å². The molecule has 0 saturated heterocycles. The summed E-state index contributed by atoms with van der Waals surface area (Å²) < 4.78 is 52.7. The fourth-order valence-electron chi connectivity index (χ4n) is 2.06. The topological polar surface area (TPSA) is 29.9 Å². The smallest absolute Gasteiger partial charge is 0.309 e. The van der Waals surface area contributed by atoms with Crippen LogP contribution < -0.4 is 5.32 Å². The van der Waals surface area contributed by atoms with Gasteiger partial charge in [0.15, 0.2) is 0 Å². The van der Waals surface area contributed by atoms with Crippen LogP contribution in [0.15, 0.2) is 30.6 Å². The van der Waals surface area contributed by atoms with Gasteiger partial charge in [-0.2, -0.15) is 18.3 Å². The van der Waals surface area contributed by atoms with Crippen molar-refractivity contribution in [1.29, 1.82) is 0 Å². The van der Waals surface area contributed by atoms with Crippen LogP contribution in [0.3, 0.4) is 0 Å². The molecule has 1 aromatic carbocycles. The van der Waals surface area contributed by atoms with Crippen molar-refractivity contribution in [2.24, 2.45) is 7.05 Å². The monoisotopic (exact) mass is 287 g/mol. The zero-order valence-corrected chi connectivity index (χ0v) is 10.9. The van der Waals surface area contributed by atoms with Gasteiger partial charge in [-0.15, -0.1) is 0 Å². The van der Waals surface area contributed by atoms with E-state index >= 15 is 0 Å². The van der Waals surface area contributed by atoms with Crippen LogP contribution in [-0.4, -0.2) is 16.8 Å². The minimum Gasteiger partial charge on any atom is -0.309 e. The van der Waals surface area contributed by atoms with Gasteiger partial charge in [-0.05, 0) is 24.7 Å². The highest BCUT2D eigenvalue weighted by Gasteiger charge is 2.34. The normalized spacial score (nSPS) is 13.5. The van der Waals surface area contributed by atoms with E-state index in [1.807, 2.05) is 0 Å². The van der Waals surface area contributed by atoms with Gasteiger partial charge in [0, 0.05) is 18.8 Å². The lowest BCUT2D eigenvalue weighted by molar-refractivity contribution is -0.140. The van der Waals surface area contributed by atoms with Gasteiger partial charge in [0.2, 0.25) is 0 Å². The molecule has 1 unspecified atom stereocenters. The molecule has 0 radical (unpaired) electrons. The molecule has 7 heteroatoms. The molecule has 0 aliphatic rings. The second kappa shape index (κ2) is 5.24. The summed E-state index contributed by atoms with van der Waals surface area (Å²) in [5, 5.41) is 6.93. The SMILES string of the molecule is CNC(c1ccc(C(F)(F)F)c(F)c1)c1cnn(C)c1. The Bertz CT molecular complexity index is 604.